The third-order valence-corrected chi connectivity index (χ3v) is 5.94. The van der Waals surface area contributed by atoms with E-state index in [0.29, 0.717) is 5.06 Å². The summed E-state index contributed by atoms with van der Waals surface area (Å²) in [6.07, 6.45) is -21.6. The molecule has 0 aliphatic carbocycles. The van der Waals surface area contributed by atoms with Gasteiger partial charge in [0.05, 0.1) is 13.2 Å². The van der Waals surface area contributed by atoms with Gasteiger partial charge in [-0.15, -0.1) is 0 Å². The summed E-state index contributed by atoms with van der Waals surface area (Å²) in [6.45, 7) is -2.31. The lowest BCUT2D eigenvalue weighted by Gasteiger charge is -2.43. The SMILES string of the molecule is CN(OCCCC(F)(F)C(F)(F)C(F)(F)C(F)(F)C(F)(F)C(F)(F)C(F)(F)C(F)(F)F)[C@@H]1O[C@H](CO)[C@@H](O)[C@H](O)[C@H]1O. The van der Waals surface area contributed by atoms with Crippen LogP contribution in [-0.4, -0.2) is 124 Å². The van der Waals surface area contributed by atoms with E-state index in [0.717, 1.165) is 7.05 Å². The number of likely N-dealkylation sites (N-methyl/N-ethyl adjacent to an activating group) is 1. The Kier molecular flexibility index (Phi) is 10.8. The van der Waals surface area contributed by atoms with Gasteiger partial charge in [-0.25, -0.2) is 0 Å². The summed E-state index contributed by atoms with van der Waals surface area (Å²) in [5.41, 5.74) is 0. The molecule has 42 heavy (non-hydrogen) atoms. The van der Waals surface area contributed by atoms with Crippen LogP contribution in [0.4, 0.5) is 74.6 Å². The van der Waals surface area contributed by atoms with Gasteiger partial charge in [0.25, 0.3) is 0 Å². The highest BCUT2D eigenvalue weighted by Gasteiger charge is 2.95. The summed E-state index contributed by atoms with van der Waals surface area (Å²) < 4.78 is 231. The Hall–Kier alpha value is -1.47. The van der Waals surface area contributed by atoms with Crippen molar-refractivity contribution in [1.82, 2.24) is 5.06 Å². The topological polar surface area (TPSA) is 103 Å². The first-order valence-corrected chi connectivity index (χ1v) is 10.8. The van der Waals surface area contributed by atoms with Gasteiger partial charge in [0.2, 0.25) is 0 Å². The quantitative estimate of drug-likeness (QED) is 0.136. The van der Waals surface area contributed by atoms with Crippen molar-refractivity contribution in [2.24, 2.45) is 0 Å². The van der Waals surface area contributed by atoms with E-state index in [1.807, 2.05) is 0 Å². The standard InChI is InChI=1S/C18H20F17NO6/c1-36(10-9(40)8(39)7(38)6(5-37)42-10)41-4-2-3-11(19,20)12(21,22)13(23,24)14(25,26)15(27,28)16(29,30)17(31,32)18(33,34)35/h6-10,37-40H,2-5H2,1H3/t6-,7-,8+,9-,10-/m1/s1. The number of rotatable bonds is 13. The fourth-order valence-electron chi connectivity index (χ4n) is 3.31. The second-order valence-corrected chi connectivity index (χ2v) is 8.85. The third kappa shape index (κ3) is 5.95. The molecular formula is C18H20F17NO6. The summed E-state index contributed by atoms with van der Waals surface area (Å²) in [5.74, 6) is -57.0. The molecule has 7 nitrogen and oxygen atoms in total. The Morgan fingerprint density at radius 3 is 1.43 bits per heavy atom. The number of alkyl halides is 17. The maximum Gasteiger partial charge on any atom is 0.460 e. The zero-order valence-corrected chi connectivity index (χ0v) is 20.2. The van der Waals surface area contributed by atoms with Crippen LogP contribution in [0.15, 0.2) is 0 Å². The molecule has 0 radical (unpaired) electrons. The molecule has 0 bridgehead atoms. The first-order chi connectivity index (χ1) is 18.4. The summed E-state index contributed by atoms with van der Waals surface area (Å²) >= 11 is 0. The first kappa shape index (κ1) is 38.6. The molecule has 1 saturated heterocycles. The van der Waals surface area contributed by atoms with E-state index in [9.17, 15) is 90.0 Å². The Balaban J connectivity index is 3.11. The smallest absolute Gasteiger partial charge is 0.394 e. The van der Waals surface area contributed by atoms with Crippen molar-refractivity contribution < 1.29 is 105 Å². The van der Waals surface area contributed by atoms with Gasteiger partial charge < -0.3 is 25.2 Å². The van der Waals surface area contributed by atoms with Gasteiger partial charge in [0.1, 0.15) is 24.4 Å². The summed E-state index contributed by atoms with van der Waals surface area (Å²) in [4.78, 5) is 4.61. The van der Waals surface area contributed by atoms with Crippen LogP contribution in [0.25, 0.3) is 0 Å². The van der Waals surface area contributed by atoms with Crippen molar-refractivity contribution in [2.75, 3.05) is 20.3 Å². The molecule has 1 fully saturated rings. The van der Waals surface area contributed by atoms with Crippen molar-refractivity contribution in [2.45, 2.75) is 91.1 Å². The molecule has 24 heteroatoms. The number of aliphatic hydroxyl groups excluding tert-OH is 4. The molecule has 0 amide bonds. The predicted octanol–water partition coefficient (Wildman–Crippen LogP) is 3.44. The van der Waals surface area contributed by atoms with Gasteiger partial charge in [0, 0.05) is 13.5 Å². The van der Waals surface area contributed by atoms with Crippen LogP contribution in [0.3, 0.4) is 0 Å². The average molecular weight is 669 g/mol. The van der Waals surface area contributed by atoms with Gasteiger partial charge in [0.15, 0.2) is 6.23 Å². The average Bonchev–Trinajstić information content (AvgIpc) is 2.83. The molecule has 5 atom stereocenters. The molecule has 0 aromatic rings. The maximum absolute atomic E-state index is 13.9. The molecule has 252 valence electrons. The lowest BCUT2D eigenvalue weighted by Crippen LogP contribution is -2.74. The number of hydrogen-bond acceptors (Lipinski definition) is 7. The van der Waals surface area contributed by atoms with E-state index >= 15 is 0 Å². The molecule has 0 saturated carbocycles. The Morgan fingerprint density at radius 1 is 0.619 bits per heavy atom. The number of ether oxygens (including phenoxy) is 1. The van der Waals surface area contributed by atoms with E-state index in [1.54, 1.807) is 0 Å². The van der Waals surface area contributed by atoms with E-state index < -0.39 is 104 Å². The van der Waals surface area contributed by atoms with Crippen LogP contribution in [0.2, 0.25) is 0 Å². The second-order valence-electron chi connectivity index (χ2n) is 8.85. The molecule has 1 aliphatic rings. The lowest BCUT2D eigenvalue weighted by atomic mass is 9.88. The molecule has 1 rings (SSSR count). The fourth-order valence-corrected chi connectivity index (χ4v) is 3.31. The molecule has 0 spiro atoms. The van der Waals surface area contributed by atoms with E-state index in [1.165, 1.54) is 0 Å². The molecule has 0 aromatic carbocycles. The number of nitrogens with zero attached hydrogens (tertiary/aromatic N) is 1. The number of hydroxylamine groups is 2. The molecule has 1 heterocycles. The summed E-state index contributed by atoms with van der Waals surface area (Å²) in [5, 5.41) is 38.5. The van der Waals surface area contributed by atoms with Gasteiger partial charge >= 0.3 is 47.6 Å². The molecular weight excluding hydrogens is 649 g/mol. The first-order valence-electron chi connectivity index (χ1n) is 10.8. The number of aliphatic hydroxyl groups is 4. The van der Waals surface area contributed by atoms with Gasteiger partial charge in [-0.05, 0) is 6.42 Å². The highest BCUT2D eigenvalue weighted by atomic mass is 19.4. The summed E-state index contributed by atoms with van der Waals surface area (Å²) in [7, 11) is 0.785. The maximum atomic E-state index is 13.9. The van der Waals surface area contributed by atoms with Crippen LogP contribution in [-0.2, 0) is 9.57 Å². The van der Waals surface area contributed by atoms with Crippen LogP contribution in [0.5, 0.6) is 0 Å². The Bertz CT molecular complexity index is 915. The van der Waals surface area contributed by atoms with Crippen LogP contribution in [0, 0.1) is 0 Å². The largest absolute Gasteiger partial charge is 0.460 e. The van der Waals surface area contributed by atoms with Crippen molar-refractivity contribution in [3.8, 4) is 0 Å². The molecule has 0 aromatic heterocycles. The fraction of sp³-hybridized carbons (Fsp3) is 1.00. The van der Waals surface area contributed by atoms with Crippen molar-refractivity contribution >= 4 is 0 Å². The molecule has 1 aliphatic heterocycles. The minimum Gasteiger partial charge on any atom is -0.394 e. The highest BCUT2D eigenvalue weighted by molar-refractivity contribution is 5.15. The van der Waals surface area contributed by atoms with Crippen LogP contribution in [0.1, 0.15) is 12.8 Å². The Labute approximate surface area is 222 Å². The van der Waals surface area contributed by atoms with Gasteiger partial charge in [-0.2, -0.15) is 79.7 Å². The Morgan fingerprint density at radius 2 is 1.02 bits per heavy atom. The monoisotopic (exact) mass is 669 g/mol. The third-order valence-electron chi connectivity index (χ3n) is 5.94. The minimum atomic E-state index is -8.71. The number of hydrogen-bond donors (Lipinski definition) is 4. The predicted molar refractivity (Wildman–Crippen MR) is 97.4 cm³/mol. The molecule has 4 N–H and O–H groups in total. The van der Waals surface area contributed by atoms with Crippen LogP contribution < -0.4 is 0 Å². The normalized spacial score (nSPS) is 26.2. The summed E-state index contributed by atoms with van der Waals surface area (Å²) in [6, 6.07) is 0. The zero-order valence-electron chi connectivity index (χ0n) is 20.2. The van der Waals surface area contributed by atoms with Gasteiger partial charge in [-0.3, -0.25) is 4.84 Å². The van der Waals surface area contributed by atoms with E-state index in [2.05, 4.69) is 4.84 Å². The highest BCUT2D eigenvalue weighted by Crippen LogP contribution is 2.64. The van der Waals surface area contributed by atoms with Crippen molar-refractivity contribution in [3.05, 3.63) is 0 Å². The van der Waals surface area contributed by atoms with E-state index in [4.69, 9.17) is 9.84 Å². The number of halogens is 17. The van der Waals surface area contributed by atoms with Crippen molar-refractivity contribution in [3.63, 3.8) is 0 Å². The zero-order chi connectivity index (χ0) is 33.7. The van der Waals surface area contributed by atoms with Crippen LogP contribution >= 0.6 is 0 Å². The molecule has 0 unspecified atom stereocenters. The van der Waals surface area contributed by atoms with E-state index in [-0.39, 0.29) is 0 Å². The minimum absolute atomic E-state index is 0.338. The lowest BCUT2D eigenvalue weighted by molar-refractivity contribution is -0.461. The second kappa shape index (κ2) is 11.8. The van der Waals surface area contributed by atoms with Gasteiger partial charge in [-0.1, -0.05) is 0 Å². The van der Waals surface area contributed by atoms with Crippen molar-refractivity contribution in [1.29, 1.82) is 0 Å².